The van der Waals surface area contributed by atoms with E-state index in [0.717, 1.165) is 0 Å². The summed E-state index contributed by atoms with van der Waals surface area (Å²) in [6.07, 6.45) is 0. The van der Waals surface area contributed by atoms with E-state index in [1.54, 1.807) is 20.9 Å². The summed E-state index contributed by atoms with van der Waals surface area (Å²) in [5.74, 6) is 0.0602. The van der Waals surface area contributed by atoms with Gasteiger partial charge in [0.25, 0.3) is 5.91 Å². The van der Waals surface area contributed by atoms with Gasteiger partial charge in [-0.2, -0.15) is 4.80 Å². The second kappa shape index (κ2) is 5.24. The minimum absolute atomic E-state index is 0.0640. The number of ketones is 1. The third-order valence-electron chi connectivity index (χ3n) is 2.97. The quantitative estimate of drug-likeness (QED) is 0.781. The molecule has 20 heavy (non-hydrogen) atoms. The molecule has 0 unspecified atom stereocenters. The predicted molar refractivity (Wildman–Crippen MR) is 70.2 cm³/mol. The van der Waals surface area contributed by atoms with Crippen molar-refractivity contribution < 1.29 is 9.59 Å². The van der Waals surface area contributed by atoms with Crippen LogP contribution in [0.5, 0.6) is 0 Å². The van der Waals surface area contributed by atoms with E-state index in [4.69, 9.17) is 0 Å². The lowest BCUT2D eigenvalue weighted by atomic mass is 10.1. The number of hydrogen-bond acceptors (Lipinski definition) is 5. The van der Waals surface area contributed by atoms with Crippen LogP contribution in [0.1, 0.15) is 44.9 Å². The molecule has 1 amide bonds. The molecule has 0 aromatic carbocycles. The number of amides is 1. The molecule has 0 fully saturated rings. The van der Waals surface area contributed by atoms with E-state index in [0.29, 0.717) is 28.3 Å². The SMILES string of the molecule is CC(=O)c1c(C)[nH]c(C(=O)NCc2nnn(C)n2)c1C. The molecule has 8 heteroatoms. The van der Waals surface area contributed by atoms with Crippen LogP contribution in [0.4, 0.5) is 0 Å². The van der Waals surface area contributed by atoms with Crippen molar-refractivity contribution in [2.45, 2.75) is 27.3 Å². The largest absolute Gasteiger partial charge is 0.354 e. The standard InChI is InChI=1S/C12H16N6O2/c1-6-10(8(3)19)7(2)14-11(6)12(20)13-5-9-15-17-18(4)16-9/h14H,5H2,1-4H3,(H,13,20). The van der Waals surface area contributed by atoms with E-state index in [1.807, 2.05) is 0 Å². The van der Waals surface area contributed by atoms with Crippen molar-refractivity contribution >= 4 is 11.7 Å². The van der Waals surface area contributed by atoms with Crippen molar-refractivity contribution in [2.75, 3.05) is 0 Å². The lowest BCUT2D eigenvalue weighted by Crippen LogP contribution is -2.24. The average molecular weight is 276 g/mol. The average Bonchev–Trinajstić information content (AvgIpc) is 2.90. The smallest absolute Gasteiger partial charge is 0.268 e. The zero-order valence-electron chi connectivity index (χ0n) is 11.8. The first kappa shape index (κ1) is 13.9. The summed E-state index contributed by atoms with van der Waals surface area (Å²) in [6, 6.07) is 0. The number of carbonyl (C=O) groups excluding carboxylic acids is 2. The summed E-state index contributed by atoms with van der Waals surface area (Å²) in [5, 5.41) is 14.1. The summed E-state index contributed by atoms with van der Waals surface area (Å²) in [6.45, 7) is 5.17. The van der Waals surface area contributed by atoms with Crippen LogP contribution in [0.25, 0.3) is 0 Å². The monoisotopic (exact) mass is 276 g/mol. The van der Waals surface area contributed by atoms with Crippen LogP contribution in [0, 0.1) is 13.8 Å². The molecule has 0 atom stereocenters. The van der Waals surface area contributed by atoms with E-state index in [2.05, 4.69) is 25.7 Å². The van der Waals surface area contributed by atoms with Gasteiger partial charge in [0, 0.05) is 11.3 Å². The second-order valence-corrected chi connectivity index (χ2v) is 4.56. The Balaban J connectivity index is 2.14. The van der Waals surface area contributed by atoms with Crippen molar-refractivity contribution in [3.63, 3.8) is 0 Å². The van der Waals surface area contributed by atoms with Crippen LogP contribution in [0.3, 0.4) is 0 Å². The van der Waals surface area contributed by atoms with Gasteiger partial charge in [-0.25, -0.2) is 0 Å². The van der Waals surface area contributed by atoms with Crippen molar-refractivity contribution in [3.05, 3.63) is 28.3 Å². The molecular weight excluding hydrogens is 260 g/mol. The number of hydrogen-bond donors (Lipinski definition) is 2. The van der Waals surface area contributed by atoms with Crippen LogP contribution in [0.2, 0.25) is 0 Å². The maximum Gasteiger partial charge on any atom is 0.268 e. The van der Waals surface area contributed by atoms with Crippen molar-refractivity contribution in [2.24, 2.45) is 7.05 Å². The molecule has 0 aliphatic carbocycles. The second-order valence-electron chi connectivity index (χ2n) is 4.56. The molecule has 0 saturated heterocycles. The number of H-pyrrole nitrogens is 1. The Morgan fingerprint density at radius 1 is 1.35 bits per heavy atom. The van der Waals surface area contributed by atoms with Gasteiger partial charge in [0.15, 0.2) is 11.6 Å². The van der Waals surface area contributed by atoms with E-state index >= 15 is 0 Å². The Morgan fingerprint density at radius 3 is 2.55 bits per heavy atom. The number of rotatable bonds is 4. The van der Waals surface area contributed by atoms with Crippen LogP contribution in [-0.2, 0) is 13.6 Å². The van der Waals surface area contributed by atoms with Crippen LogP contribution in [0.15, 0.2) is 0 Å². The maximum atomic E-state index is 12.1. The number of aromatic nitrogens is 5. The minimum Gasteiger partial charge on any atom is -0.354 e. The number of nitrogens with one attached hydrogen (secondary N) is 2. The highest BCUT2D eigenvalue weighted by molar-refractivity contribution is 6.02. The minimum atomic E-state index is -0.300. The summed E-state index contributed by atoms with van der Waals surface area (Å²) in [4.78, 5) is 27.9. The molecule has 2 rings (SSSR count). The van der Waals surface area contributed by atoms with Gasteiger partial charge in [0.1, 0.15) is 5.69 Å². The maximum absolute atomic E-state index is 12.1. The highest BCUT2D eigenvalue weighted by Crippen LogP contribution is 2.18. The van der Waals surface area contributed by atoms with Crippen molar-refractivity contribution in [1.82, 2.24) is 30.5 Å². The Morgan fingerprint density at radius 2 is 2.05 bits per heavy atom. The predicted octanol–water partition coefficient (Wildman–Crippen LogP) is 0.288. The number of aryl methyl sites for hydroxylation is 2. The van der Waals surface area contributed by atoms with E-state index < -0.39 is 0 Å². The van der Waals surface area contributed by atoms with Gasteiger partial charge >= 0.3 is 0 Å². The van der Waals surface area contributed by atoms with Gasteiger partial charge in [-0.05, 0) is 31.5 Å². The highest BCUT2D eigenvalue weighted by atomic mass is 16.2. The Labute approximate surface area is 115 Å². The molecular formula is C12H16N6O2. The number of aromatic amines is 1. The number of tetrazole rings is 1. The first-order valence-electron chi connectivity index (χ1n) is 6.11. The number of carbonyl (C=O) groups is 2. The zero-order chi connectivity index (χ0) is 14.9. The first-order valence-corrected chi connectivity index (χ1v) is 6.11. The number of Topliss-reactive ketones (excluding diaryl/α,β-unsaturated/α-hetero) is 1. The van der Waals surface area contributed by atoms with Crippen molar-refractivity contribution in [1.29, 1.82) is 0 Å². The lowest BCUT2D eigenvalue weighted by molar-refractivity contribution is 0.0944. The summed E-state index contributed by atoms with van der Waals surface area (Å²) in [7, 11) is 1.65. The lowest BCUT2D eigenvalue weighted by Gasteiger charge is -2.02. The third kappa shape index (κ3) is 2.58. The molecule has 0 bridgehead atoms. The van der Waals surface area contributed by atoms with Gasteiger partial charge in [-0.15, -0.1) is 10.2 Å². The normalized spacial score (nSPS) is 10.6. The molecule has 2 aromatic rings. The van der Waals surface area contributed by atoms with E-state index in [-0.39, 0.29) is 18.2 Å². The molecule has 2 aromatic heterocycles. The molecule has 0 aliphatic heterocycles. The van der Waals surface area contributed by atoms with Crippen molar-refractivity contribution in [3.8, 4) is 0 Å². The van der Waals surface area contributed by atoms with Gasteiger partial charge in [0.05, 0.1) is 13.6 Å². The van der Waals surface area contributed by atoms with E-state index in [9.17, 15) is 9.59 Å². The van der Waals surface area contributed by atoms with Gasteiger partial charge < -0.3 is 10.3 Å². The Bertz CT molecular complexity index is 670. The summed E-state index contributed by atoms with van der Waals surface area (Å²) < 4.78 is 0. The molecule has 0 aliphatic rings. The Kier molecular flexibility index (Phi) is 3.64. The van der Waals surface area contributed by atoms with Gasteiger partial charge in [-0.3, -0.25) is 9.59 Å². The fourth-order valence-corrected chi connectivity index (χ4v) is 2.15. The fraction of sp³-hybridized carbons (Fsp3) is 0.417. The van der Waals surface area contributed by atoms with Crippen LogP contribution in [-0.4, -0.2) is 36.9 Å². The molecule has 0 radical (unpaired) electrons. The third-order valence-corrected chi connectivity index (χ3v) is 2.97. The Hall–Kier alpha value is -2.51. The van der Waals surface area contributed by atoms with Gasteiger partial charge in [0.2, 0.25) is 0 Å². The fourth-order valence-electron chi connectivity index (χ4n) is 2.15. The molecule has 106 valence electrons. The summed E-state index contributed by atoms with van der Waals surface area (Å²) >= 11 is 0. The number of nitrogens with zero attached hydrogens (tertiary/aromatic N) is 4. The highest BCUT2D eigenvalue weighted by Gasteiger charge is 2.19. The zero-order valence-corrected chi connectivity index (χ0v) is 11.8. The van der Waals surface area contributed by atoms with E-state index in [1.165, 1.54) is 11.7 Å². The molecule has 8 nitrogen and oxygen atoms in total. The topological polar surface area (TPSA) is 106 Å². The summed E-state index contributed by atoms with van der Waals surface area (Å²) in [5.41, 5.74) is 2.29. The van der Waals surface area contributed by atoms with Crippen LogP contribution >= 0.6 is 0 Å². The van der Waals surface area contributed by atoms with Gasteiger partial charge in [-0.1, -0.05) is 0 Å². The molecule has 0 saturated carbocycles. The molecule has 2 N–H and O–H groups in total. The first-order chi connectivity index (χ1) is 9.40. The molecule has 0 spiro atoms. The molecule has 2 heterocycles. The van der Waals surface area contributed by atoms with Crippen LogP contribution < -0.4 is 5.32 Å².